The summed E-state index contributed by atoms with van der Waals surface area (Å²) in [5.41, 5.74) is 1.03. The number of carbonyl (C=O) groups is 2. The Kier molecular flexibility index (Phi) is 5.42. The van der Waals surface area contributed by atoms with Gasteiger partial charge in [0.25, 0.3) is 11.7 Å². The summed E-state index contributed by atoms with van der Waals surface area (Å²) in [6, 6.07) is 11.3. The van der Waals surface area contributed by atoms with E-state index in [4.69, 9.17) is 13.6 Å². The molecule has 0 aliphatic carbocycles. The lowest BCUT2D eigenvalue weighted by atomic mass is 9.85. The molecule has 4 rings (SSSR count). The molecule has 0 saturated carbocycles. The Labute approximate surface area is 185 Å². The lowest BCUT2D eigenvalue weighted by Gasteiger charge is -2.23. The van der Waals surface area contributed by atoms with Gasteiger partial charge < -0.3 is 23.6 Å². The molecule has 1 atom stereocenters. The van der Waals surface area contributed by atoms with E-state index in [1.807, 2.05) is 26.8 Å². The minimum absolute atomic E-state index is 0.0545. The maximum atomic E-state index is 13.1. The second kappa shape index (κ2) is 8.07. The van der Waals surface area contributed by atoms with Crippen molar-refractivity contribution < 1.29 is 28.3 Å². The molecule has 1 saturated heterocycles. The molecule has 1 aromatic carbocycles. The lowest BCUT2D eigenvalue weighted by Crippen LogP contribution is -2.28. The Hall–Kier alpha value is -3.74. The number of ether oxygens (including phenoxy) is 1. The molecule has 1 N–H and O–H groups in total. The van der Waals surface area contributed by atoms with Gasteiger partial charge in [-0.1, -0.05) is 26.8 Å². The van der Waals surface area contributed by atoms with Crippen LogP contribution >= 0.6 is 0 Å². The zero-order chi connectivity index (χ0) is 23.0. The third-order valence-electron chi connectivity index (χ3n) is 5.58. The monoisotopic (exact) mass is 435 g/mol. The highest BCUT2D eigenvalue weighted by atomic mass is 16.5. The molecule has 0 bridgehead atoms. The molecule has 1 aliphatic heterocycles. The number of furan rings is 2. The fourth-order valence-electron chi connectivity index (χ4n) is 3.86. The number of hydrogen-bond donors (Lipinski definition) is 1. The van der Waals surface area contributed by atoms with Crippen LogP contribution in [0.15, 0.2) is 69.4 Å². The molecule has 3 heterocycles. The van der Waals surface area contributed by atoms with Gasteiger partial charge in [0, 0.05) is 0 Å². The molecular formula is C25H25NO6. The first-order chi connectivity index (χ1) is 15.2. The van der Waals surface area contributed by atoms with Gasteiger partial charge in [0.2, 0.25) is 0 Å². The quantitative estimate of drug-likeness (QED) is 0.352. The SMILES string of the molecule is COc1ccc(C(C)(C)C)cc1/C(O)=C1\C(=O)C(=O)N(Cc2ccco2)C1c1ccco1. The van der Waals surface area contributed by atoms with Crippen molar-refractivity contribution in [1.29, 1.82) is 0 Å². The number of ketones is 1. The zero-order valence-corrected chi connectivity index (χ0v) is 18.4. The van der Waals surface area contributed by atoms with E-state index in [9.17, 15) is 14.7 Å². The Balaban J connectivity index is 1.90. The van der Waals surface area contributed by atoms with Crippen LogP contribution in [0.5, 0.6) is 5.75 Å². The maximum Gasteiger partial charge on any atom is 0.296 e. The zero-order valence-electron chi connectivity index (χ0n) is 18.4. The van der Waals surface area contributed by atoms with Gasteiger partial charge in [-0.2, -0.15) is 0 Å². The number of aliphatic hydroxyl groups is 1. The van der Waals surface area contributed by atoms with Crippen molar-refractivity contribution in [1.82, 2.24) is 4.90 Å². The summed E-state index contributed by atoms with van der Waals surface area (Å²) in [6.45, 7) is 6.19. The van der Waals surface area contributed by atoms with Gasteiger partial charge in [-0.05, 0) is 47.4 Å². The van der Waals surface area contributed by atoms with Crippen LogP contribution in [0.2, 0.25) is 0 Å². The summed E-state index contributed by atoms with van der Waals surface area (Å²) in [7, 11) is 1.49. The molecule has 166 valence electrons. The van der Waals surface area contributed by atoms with Gasteiger partial charge in [-0.15, -0.1) is 0 Å². The van der Waals surface area contributed by atoms with Crippen LogP contribution in [0.1, 0.15) is 49.5 Å². The van der Waals surface area contributed by atoms with Gasteiger partial charge in [0.05, 0.1) is 37.3 Å². The average molecular weight is 435 g/mol. The molecule has 7 heteroatoms. The molecule has 32 heavy (non-hydrogen) atoms. The molecule has 0 spiro atoms. The minimum Gasteiger partial charge on any atom is -0.507 e. The topological polar surface area (TPSA) is 93.1 Å². The van der Waals surface area contributed by atoms with Crippen molar-refractivity contribution in [2.75, 3.05) is 7.11 Å². The van der Waals surface area contributed by atoms with Crippen molar-refractivity contribution in [3.05, 3.63) is 83.2 Å². The van der Waals surface area contributed by atoms with E-state index < -0.39 is 17.7 Å². The summed E-state index contributed by atoms with van der Waals surface area (Å²) >= 11 is 0. The second-order valence-electron chi connectivity index (χ2n) is 8.69. The highest BCUT2D eigenvalue weighted by molar-refractivity contribution is 6.46. The van der Waals surface area contributed by atoms with E-state index in [0.29, 0.717) is 22.8 Å². The predicted octanol–water partition coefficient (Wildman–Crippen LogP) is 4.80. The second-order valence-corrected chi connectivity index (χ2v) is 8.69. The molecule has 7 nitrogen and oxygen atoms in total. The highest BCUT2D eigenvalue weighted by Crippen LogP contribution is 2.42. The van der Waals surface area contributed by atoms with Gasteiger partial charge in [-0.25, -0.2) is 0 Å². The van der Waals surface area contributed by atoms with Crippen molar-refractivity contribution in [3.63, 3.8) is 0 Å². The molecule has 1 fully saturated rings. The molecule has 1 amide bonds. The number of hydrogen-bond acceptors (Lipinski definition) is 6. The molecule has 1 aliphatic rings. The van der Waals surface area contributed by atoms with Crippen molar-refractivity contribution in [2.24, 2.45) is 0 Å². The number of nitrogens with zero attached hydrogens (tertiary/aromatic N) is 1. The van der Waals surface area contributed by atoms with Crippen molar-refractivity contribution >= 4 is 17.4 Å². The van der Waals surface area contributed by atoms with Crippen LogP contribution in [-0.4, -0.2) is 28.8 Å². The first-order valence-electron chi connectivity index (χ1n) is 10.3. The van der Waals surface area contributed by atoms with E-state index in [-0.39, 0.29) is 23.3 Å². The minimum atomic E-state index is -0.905. The van der Waals surface area contributed by atoms with Gasteiger partial charge in [-0.3, -0.25) is 9.59 Å². The molecular weight excluding hydrogens is 410 g/mol. The standard InChI is InChI=1S/C25H25NO6/c1-25(2,3)15-9-10-18(30-4)17(13-15)22(27)20-21(19-8-6-12-32-19)26(24(29)23(20)28)14-16-7-5-11-31-16/h5-13,21,27H,14H2,1-4H3/b22-20+. The van der Waals surface area contributed by atoms with Gasteiger partial charge in [0.1, 0.15) is 29.1 Å². The molecule has 3 aromatic rings. The summed E-state index contributed by atoms with van der Waals surface area (Å²) < 4.78 is 16.4. The van der Waals surface area contributed by atoms with Crippen molar-refractivity contribution in [2.45, 2.75) is 38.8 Å². The number of amides is 1. The van der Waals surface area contributed by atoms with E-state index in [0.717, 1.165) is 5.56 Å². The summed E-state index contributed by atoms with van der Waals surface area (Å²) in [6.07, 6.45) is 2.96. The molecule has 0 radical (unpaired) electrons. The van der Waals surface area contributed by atoms with Gasteiger partial charge in [0.15, 0.2) is 0 Å². The van der Waals surface area contributed by atoms with Crippen molar-refractivity contribution in [3.8, 4) is 5.75 Å². The van der Waals surface area contributed by atoms with E-state index in [1.165, 1.54) is 24.5 Å². The Morgan fingerprint density at radius 2 is 1.81 bits per heavy atom. The Bertz CT molecular complexity index is 1170. The predicted molar refractivity (Wildman–Crippen MR) is 117 cm³/mol. The van der Waals surface area contributed by atoms with Crippen LogP contribution in [0.25, 0.3) is 5.76 Å². The van der Waals surface area contributed by atoms with Gasteiger partial charge >= 0.3 is 0 Å². The first-order valence-corrected chi connectivity index (χ1v) is 10.3. The number of benzene rings is 1. The Morgan fingerprint density at radius 1 is 1.09 bits per heavy atom. The lowest BCUT2D eigenvalue weighted by molar-refractivity contribution is -0.140. The maximum absolute atomic E-state index is 13.1. The third-order valence-corrected chi connectivity index (χ3v) is 5.58. The average Bonchev–Trinajstić information content (AvgIpc) is 3.51. The van der Waals surface area contributed by atoms with Crippen LogP contribution in [0, 0.1) is 0 Å². The van der Waals surface area contributed by atoms with Crippen LogP contribution in [0.3, 0.4) is 0 Å². The number of methoxy groups -OCH3 is 1. The summed E-state index contributed by atoms with van der Waals surface area (Å²) in [5.74, 6) is -0.575. The van der Waals surface area contributed by atoms with Crippen LogP contribution < -0.4 is 4.74 Å². The first kappa shape index (κ1) is 21.5. The smallest absolute Gasteiger partial charge is 0.296 e. The van der Waals surface area contributed by atoms with E-state index in [1.54, 1.807) is 36.4 Å². The number of likely N-dealkylation sites (tertiary alicyclic amines) is 1. The molecule has 2 aromatic heterocycles. The largest absolute Gasteiger partial charge is 0.507 e. The summed E-state index contributed by atoms with van der Waals surface area (Å²) in [5, 5.41) is 11.4. The van der Waals surface area contributed by atoms with Crippen LogP contribution in [-0.2, 0) is 21.5 Å². The highest BCUT2D eigenvalue weighted by Gasteiger charge is 2.48. The number of carbonyl (C=O) groups excluding carboxylic acids is 2. The summed E-state index contributed by atoms with van der Waals surface area (Å²) in [4.78, 5) is 27.4. The van der Waals surface area contributed by atoms with E-state index >= 15 is 0 Å². The normalized spacial score (nSPS) is 18.4. The number of Topliss-reactive ketones (excluding diaryl/α,β-unsaturated/α-hetero) is 1. The van der Waals surface area contributed by atoms with Crippen LogP contribution in [0.4, 0.5) is 0 Å². The van der Waals surface area contributed by atoms with E-state index in [2.05, 4.69) is 0 Å². The number of aliphatic hydroxyl groups excluding tert-OH is 1. The molecule has 1 unspecified atom stereocenters. The number of rotatable bonds is 5. The Morgan fingerprint density at radius 3 is 2.41 bits per heavy atom. The fraction of sp³-hybridized carbons (Fsp3) is 0.280. The third kappa shape index (κ3) is 3.70. The fourth-order valence-corrected chi connectivity index (χ4v) is 3.86.